The number of carbonyl (C=O) groups is 2. The first kappa shape index (κ1) is 19.0. The summed E-state index contributed by atoms with van der Waals surface area (Å²) < 4.78 is 5.03. The summed E-state index contributed by atoms with van der Waals surface area (Å²) in [6, 6.07) is 1.81. The predicted molar refractivity (Wildman–Crippen MR) is 94.8 cm³/mol. The summed E-state index contributed by atoms with van der Waals surface area (Å²) in [4.78, 5) is 36.5. The van der Waals surface area contributed by atoms with E-state index in [4.69, 9.17) is 4.74 Å². The lowest BCUT2D eigenvalue weighted by molar-refractivity contribution is 0.0933. The monoisotopic (exact) mass is 349 g/mol. The molecule has 2 rings (SSSR count). The number of aromatic nitrogens is 2. The van der Waals surface area contributed by atoms with Crippen molar-refractivity contribution in [1.82, 2.24) is 20.2 Å². The minimum Gasteiger partial charge on any atom is -0.450 e. The van der Waals surface area contributed by atoms with Crippen molar-refractivity contribution in [2.75, 3.05) is 37.7 Å². The molecular formula is C17H27N5O3. The van der Waals surface area contributed by atoms with Crippen molar-refractivity contribution in [2.45, 2.75) is 40.2 Å². The topological polar surface area (TPSA) is 87.7 Å². The molecule has 1 aliphatic rings. The molecule has 1 atom stereocenters. The van der Waals surface area contributed by atoms with Crippen LogP contribution in [-0.4, -0.2) is 65.7 Å². The van der Waals surface area contributed by atoms with Crippen molar-refractivity contribution in [2.24, 2.45) is 0 Å². The quantitative estimate of drug-likeness (QED) is 0.869. The van der Waals surface area contributed by atoms with E-state index in [0.717, 1.165) is 6.42 Å². The molecule has 138 valence electrons. The van der Waals surface area contributed by atoms with Crippen LogP contribution in [0.25, 0.3) is 0 Å². The van der Waals surface area contributed by atoms with E-state index >= 15 is 0 Å². The van der Waals surface area contributed by atoms with Gasteiger partial charge in [-0.3, -0.25) is 4.79 Å². The molecule has 0 spiro atoms. The predicted octanol–water partition coefficient (Wildman–Crippen LogP) is 1.59. The first-order valence-corrected chi connectivity index (χ1v) is 8.77. The van der Waals surface area contributed by atoms with Gasteiger partial charge >= 0.3 is 6.09 Å². The fourth-order valence-corrected chi connectivity index (χ4v) is 2.56. The van der Waals surface area contributed by atoms with Gasteiger partial charge in [0.2, 0.25) is 0 Å². The van der Waals surface area contributed by atoms with Crippen LogP contribution in [0, 0.1) is 6.92 Å². The van der Waals surface area contributed by atoms with Crippen LogP contribution in [-0.2, 0) is 4.74 Å². The summed E-state index contributed by atoms with van der Waals surface area (Å²) in [6.07, 6.45) is 0.577. The van der Waals surface area contributed by atoms with Crippen LogP contribution in [0.3, 0.4) is 0 Å². The zero-order valence-corrected chi connectivity index (χ0v) is 15.4. The first-order valence-electron chi connectivity index (χ1n) is 8.77. The molecule has 1 N–H and O–H groups in total. The summed E-state index contributed by atoms with van der Waals surface area (Å²) in [7, 11) is 0. The maximum Gasteiger partial charge on any atom is 0.409 e. The van der Waals surface area contributed by atoms with Crippen molar-refractivity contribution in [1.29, 1.82) is 0 Å². The Balaban J connectivity index is 2.05. The van der Waals surface area contributed by atoms with Gasteiger partial charge < -0.3 is 19.9 Å². The lowest BCUT2D eigenvalue weighted by Crippen LogP contribution is -2.49. The third kappa shape index (κ3) is 5.04. The molecule has 1 unspecified atom stereocenters. The van der Waals surface area contributed by atoms with Crippen LogP contribution >= 0.6 is 0 Å². The number of carbonyl (C=O) groups excluding carboxylic acids is 2. The van der Waals surface area contributed by atoms with Crippen LogP contribution in [0.2, 0.25) is 0 Å². The Hall–Kier alpha value is -2.38. The third-order valence-electron chi connectivity index (χ3n) is 4.18. The number of hydrogen-bond acceptors (Lipinski definition) is 6. The van der Waals surface area contributed by atoms with E-state index in [-0.39, 0.29) is 18.0 Å². The molecule has 25 heavy (non-hydrogen) atoms. The van der Waals surface area contributed by atoms with Gasteiger partial charge in [-0.1, -0.05) is 6.92 Å². The highest BCUT2D eigenvalue weighted by molar-refractivity contribution is 5.93. The maximum atomic E-state index is 12.3. The van der Waals surface area contributed by atoms with E-state index < -0.39 is 0 Å². The summed E-state index contributed by atoms with van der Waals surface area (Å²) in [6.45, 7) is 10.3. The van der Waals surface area contributed by atoms with Crippen LogP contribution in [0.5, 0.6) is 0 Å². The molecule has 0 bridgehead atoms. The standard InChI is InChI=1S/C17H27N5O3/c1-5-12(3)18-16(23)14-11-15(20-13(4)19-14)21-7-9-22(10-8-21)17(24)25-6-2/h11-12H,5-10H2,1-4H3,(H,18,23). The summed E-state index contributed by atoms with van der Waals surface area (Å²) >= 11 is 0. The molecular weight excluding hydrogens is 322 g/mol. The van der Waals surface area contributed by atoms with Crippen LogP contribution < -0.4 is 10.2 Å². The molecule has 0 aliphatic carbocycles. The molecule has 1 aromatic heterocycles. The molecule has 0 saturated carbocycles. The maximum absolute atomic E-state index is 12.3. The second kappa shape index (κ2) is 8.64. The lowest BCUT2D eigenvalue weighted by Gasteiger charge is -2.34. The fraction of sp³-hybridized carbons (Fsp3) is 0.647. The SMILES string of the molecule is CCOC(=O)N1CCN(c2cc(C(=O)NC(C)CC)nc(C)n2)CC1. The molecule has 1 fully saturated rings. The van der Waals surface area contributed by atoms with Crippen molar-refractivity contribution < 1.29 is 14.3 Å². The Bertz CT molecular complexity index is 614. The third-order valence-corrected chi connectivity index (χ3v) is 4.18. The summed E-state index contributed by atoms with van der Waals surface area (Å²) in [5.41, 5.74) is 0.371. The second-order valence-corrected chi connectivity index (χ2v) is 6.11. The average molecular weight is 349 g/mol. The number of aryl methyl sites for hydroxylation is 1. The van der Waals surface area contributed by atoms with Gasteiger partial charge in [0.05, 0.1) is 6.61 Å². The Morgan fingerprint density at radius 1 is 1.24 bits per heavy atom. The number of nitrogens with one attached hydrogen (secondary N) is 1. The van der Waals surface area contributed by atoms with Gasteiger partial charge in [0.1, 0.15) is 17.3 Å². The molecule has 1 aliphatic heterocycles. The highest BCUT2D eigenvalue weighted by Gasteiger charge is 2.24. The largest absolute Gasteiger partial charge is 0.450 e. The number of nitrogens with zero attached hydrogens (tertiary/aromatic N) is 4. The molecule has 2 heterocycles. The highest BCUT2D eigenvalue weighted by Crippen LogP contribution is 2.16. The van der Waals surface area contributed by atoms with Gasteiger partial charge in [0, 0.05) is 38.3 Å². The van der Waals surface area contributed by atoms with Crippen LogP contribution in [0.1, 0.15) is 43.5 Å². The van der Waals surface area contributed by atoms with Gasteiger partial charge in [0.25, 0.3) is 5.91 Å². The van der Waals surface area contributed by atoms with Gasteiger partial charge in [-0.15, -0.1) is 0 Å². The first-order chi connectivity index (χ1) is 11.9. The van der Waals surface area contributed by atoms with Crippen LogP contribution in [0.4, 0.5) is 10.6 Å². The lowest BCUT2D eigenvalue weighted by atomic mass is 10.2. The van der Waals surface area contributed by atoms with E-state index in [2.05, 4.69) is 20.2 Å². The molecule has 8 heteroatoms. The Morgan fingerprint density at radius 2 is 1.92 bits per heavy atom. The number of hydrogen-bond donors (Lipinski definition) is 1. The normalized spacial score (nSPS) is 15.7. The number of ether oxygens (including phenoxy) is 1. The Labute approximate surface area is 148 Å². The van der Waals surface area contributed by atoms with Gasteiger partial charge in [-0.25, -0.2) is 14.8 Å². The van der Waals surface area contributed by atoms with Crippen molar-refractivity contribution in [3.05, 3.63) is 17.6 Å². The second-order valence-electron chi connectivity index (χ2n) is 6.11. The van der Waals surface area contributed by atoms with E-state index in [1.54, 1.807) is 24.8 Å². The Morgan fingerprint density at radius 3 is 2.52 bits per heavy atom. The molecule has 2 amide bonds. The number of piperazine rings is 1. The molecule has 0 radical (unpaired) electrons. The van der Waals surface area contributed by atoms with Crippen molar-refractivity contribution >= 4 is 17.8 Å². The fourth-order valence-electron chi connectivity index (χ4n) is 2.56. The van der Waals surface area contributed by atoms with Crippen molar-refractivity contribution in [3.8, 4) is 0 Å². The summed E-state index contributed by atoms with van der Waals surface area (Å²) in [5, 5.41) is 2.92. The van der Waals surface area contributed by atoms with E-state index in [0.29, 0.717) is 50.1 Å². The molecule has 1 aromatic rings. The minimum absolute atomic E-state index is 0.0966. The van der Waals surface area contributed by atoms with E-state index in [1.807, 2.05) is 13.8 Å². The smallest absolute Gasteiger partial charge is 0.409 e. The molecule has 8 nitrogen and oxygen atoms in total. The Kier molecular flexibility index (Phi) is 6.55. The number of amides is 2. The molecule has 0 aromatic carbocycles. The van der Waals surface area contributed by atoms with Crippen molar-refractivity contribution in [3.63, 3.8) is 0 Å². The van der Waals surface area contributed by atoms with E-state index in [1.165, 1.54) is 0 Å². The van der Waals surface area contributed by atoms with Crippen LogP contribution in [0.15, 0.2) is 6.07 Å². The van der Waals surface area contributed by atoms with Gasteiger partial charge in [-0.05, 0) is 27.2 Å². The van der Waals surface area contributed by atoms with Gasteiger partial charge in [-0.2, -0.15) is 0 Å². The minimum atomic E-state index is -0.283. The summed E-state index contributed by atoms with van der Waals surface area (Å²) in [5.74, 6) is 1.08. The number of anilines is 1. The average Bonchev–Trinajstić information content (AvgIpc) is 2.61. The highest BCUT2D eigenvalue weighted by atomic mass is 16.6. The zero-order valence-electron chi connectivity index (χ0n) is 15.4. The molecule has 1 saturated heterocycles. The zero-order chi connectivity index (χ0) is 18.4. The van der Waals surface area contributed by atoms with E-state index in [9.17, 15) is 9.59 Å². The van der Waals surface area contributed by atoms with Gasteiger partial charge in [0.15, 0.2) is 0 Å². The number of rotatable bonds is 5.